The van der Waals surface area contributed by atoms with Gasteiger partial charge in [-0.25, -0.2) is 0 Å². The van der Waals surface area contributed by atoms with Gasteiger partial charge in [0.25, 0.3) is 0 Å². The van der Waals surface area contributed by atoms with Gasteiger partial charge in [-0.3, -0.25) is 24.1 Å². The third-order valence-electron chi connectivity index (χ3n) is 3.96. The molecule has 0 fully saturated rings. The SMILES string of the molecule is CC(=O)CCCNC(=O)CN(CC(=O)NCCCC(C)=O)CC(=O)NCCC(C)=O. The Hall–Kier alpha value is -2.62. The third-order valence-corrected chi connectivity index (χ3v) is 3.96. The van der Waals surface area contributed by atoms with Crippen molar-refractivity contribution in [2.24, 2.45) is 0 Å². The van der Waals surface area contributed by atoms with Crippen LogP contribution in [0.4, 0.5) is 0 Å². The van der Waals surface area contributed by atoms with Crippen molar-refractivity contribution in [2.45, 2.75) is 52.9 Å². The molecule has 0 aliphatic carbocycles. The van der Waals surface area contributed by atoms with Crippen LogP contribution in [0.2, 0.25) is 0 Å². The molecule has 0 heterocycles. The zero-order chi connectivity index (χ0) is 22.9. The van der Waals surface area contributed by atoms with E-state index in [1.54, 1.807) is 0 Å². The summed E-state index contributed by atoms with van der Waals surface area (Å²) in [6, 6.07) is 0. The maximum Gasteiger partial charge on any atom is 0.234 e. The molecule has 0 aliphatic heterocycles. The molecule has 0 aromatic heterocycles. The summed E-state index contributed by atoms with van der Waals surface area (Å²) in [4.78, 5) is 70.5. The Bertz CT molecular complexity index is 584. The summed E-state index contributed by atoms with van der Waals surface area (Å²) in [5, 5.41) is 7.90. The number of nitrogens with zero attached hydrogens (tertiary/aromatic N) is 1. The maximum absolute atomic E-state index is 12.1. The second-order valence-electron chi connectivity index (χ2n) is 7.26. The van der Waals surface area contributed by atoms with Gasteiger partial charge >= 0.3 is 0 Å². The molecule has 0 saturated carbocycles. The Kier molecular flexibility index (Phi) is 14.8. The molecule has 0 unspecified atom stereocenters. The Balaban J connectivity index is 4.58. The van der Waals surface area contributed by atoms with E-state index in [2.05, 4.69) is 16.0 Å². The molecule has 0 atom stereocenters. The third kappa shape index (κ3) is 17.5. The molecule has 30 heavy (non-hydrogen) atoms. The van der Waals surface area contributed by atoms with Crippen molar-refractivity contribution < 1.29 is 28.8 Å². The van der Waals surface area contributed by atoms with Gasteiger partial charge in [0.05, 0.1) is 19.6 Å². The number of carbonyl (C=O) groups is 6. The summed E-state index contributed by atoms with van der Waals surface area (Å²) in [5.74, 6) is -1.10. The molecular weight excluding hydrogens is 392 g/mol. The van der Waals surface area contributed by atoms with E-state index in [1.807, 2.05) is 0 Å². The highest BCUT2D eigenvalue weighted by atomic mass is 16.2. The van der Waals surface area contributed by atoms with E-state index in [-0.39, 0.29) is 61.8 Å². The van der Waals surface area contributed by atoms with Crippen LogP contribution < -0.4 is 16.0 Å². The average molecular weight is 427 g/mol. The fourth-order valence-electron chi connectivity index (χ4n) is 2.45. The van der Waals surface area contributed by atoms with Gasteiger partial charge in [0, 0.05) is 38.9 Å². The predicted octanol–water partition coefficient (Wildman–Crippen LogP) is -0.645. The van der Waals surface area contributed by atoms with Crippen molar-refractivity contribution >= 4 is 35.1 Å². The lowest BCUT2D eigenvalue weighted by molar-refractivity contribution is -0.128. The van der Waals surface area contributed by atoms with Crippen LogP contribution >= 0.6 is 0 Å². The average Bonchev–Trinajstić information content (AvgIpc) is 2.61. The van der Waals surface area contributed by atoms with Gasteiger partial charge < -0.3 is 25.5 Å². The topological polar surface area (TPSA) is 142 Å². The Labute approximate surface area is 177 Å². The highest BCUT2D eigenvalue weighted by Gasteiger charge is 2.17. The molecule has 0 aromatic rings. The number of hydrogen-bond acceptors (Lipinski definition) is 7. The van der Waals surface area contributed by atoms with E-state index < -0.39 is 5.91 Å². The molecule has 0 aliphatic rings. The van der Waals surface area contributed by atoms with Gasteiger partial charge in [0.1, 0.15) is 17.3 Å². The Morgan fingerprint density at radius 3 is 1.20 bits per heavy atom. The standard InChI is InChI=1S/C20H34N4O6/c1-15(25)6-4-9-21-18(28)12-24(14-20(30)23-11-8-17(3)27)13-19(29)22-10-5-7-16(2)26/h4-14H2,1-3H3,(H,21,28)(H,22,29)(H,23,30). The lowest BCUT2D eigenvalue weighted by Crippen LogP contribution is -2.47. The number of nitrogens with one attached hydrogen (secondary N) is 3. The minimum atomic E-state index is -0.398. The fraction of sp³-hybridized carbons (Fsp3) is 0.700. The minimum absolute atomic E-state index is 0.0366. The summed E-state index contributed by atoms with van der Waals surface area (Å²) in [6.07, 6.45) is 1.97. The first-order valence-corrected chi connectivity index (χ1v) is 10.1. The zero-order valence-corrected chi connectivity index (χ0v) is 18.2. The molecular formula is C20H34N4O6. The van der Waals surface area contributed by atoms with E-state index in [4.69, 9.17) is 0 Å². The van der Waals surface area contributed by atoms with Crippen LogP contribution in [0.25, 0.3) is 0 Å². The van der Waals surface area contributed by atoms with Gasteiger partial charge in [-0.1, -0.05) is 0 Å². The molecule has 10 nitrogen and oxygen atoms in total. The molecule has 170 valence electrons. The summed E-state index contributed by atoms with van der Waals surface area (Å²) in [7, 11) is 0. The number of Topliss-reactive ketones (excluding diaryl/α,β-unsaturated/α-hetero) is 3. The molecule has 0 aromatic carbocycles. The highest BCUT2D eigenvalue weighted by molar-refractivity contribution is 5.84. The molecule has 0 rings (SSSR count). The lowest BCUT2D eigenvalue weighted by Gasteiger charge is -2.21. The van der Waals surface area contributed by atoms with Crippen LogP contribution in [-0.2, 0) is 28.8 Å². The normalized spacial score (nSPS) is 10.4. The number of amides is 3. The van der Waals surface area contributed by atoms with Gasteiger partial charge in [-0.2, -0.15) is 0 Å². The molecule has 0 spiro atoms. The number of carbonyl (C=O) groups excluding carboxylic acids is 6. The van der Waals surface area contributed by atoms with Crippen molar-refractivity contribution in [2.75, 3.05) is 39.3 Å². The van der Waals surface area contributed by atoms with E-state index in [1.165, 1.54) is 25.7 Å². The Morgan fingerprint density at radius 2 is 0.867 bits per heavy atom. The highest BCUT2D eigenvalue weighted by Crippen LogP contribution is 1.93. The number of rotatable bonds is 17. The van der Waals surface area contributed by atoms with Crippen molar-refractivity contribution in [3.05, 3.63) is 0 Å². The quantitative estimate of drug-likeness (QED) is 0.263. The molecule has 0 bridgehead atoms. The van der Waals surface area contributed by atoms with Crippen molar-refractivity contribution in [3.8, 4) is 0 Å². The largest absolute Gasteiger partial charge is 0.355 e. The predicted molar refractivity (Wildman–Crippen MR) is 111 cm³/mol. The van der Waals surface area contributed by atoms with Crippen LogP contribution in [0.15, 0.2) is 0 Å². The monoisotopic (exact) mass is 426 g/mol. The lowest BCUT2D eigenvalue weighted by atomic mass is 10.2. The Morgan fingerprint density at radius 1 is 0.533 bits per heavy atom. The summed E-state index contributed by atoms with van der Waals surface area (Å²) in [6.45, 7) is 4.71. The van der Waals surface area contributed by atoms with Crippen LogP contribution in [-0.4, -0.2) is 79.2 Å². The second kappa shape index (κ2) is 16.2. The number of hydrogen-bond donors (Lipinski definition) is 3. The van der Waals surface area contributed by atoms with E-state index in [0.717, 1.165) is 0 Å². The molecule has 0 radical (unpaired) electrons. The van der Waals surface area contributed by atoms with Crippen molar-refractivity contribution in [1.29, 1.82) is 0 Å². The molecule has 3 N–H and O–H groups in total. The minimum Gasteiger partial charge on any atom is -0.355 e. The first kappa shape index (κ1) is 27.4. The smallest absolute Gasteiger partial charge is 0.234 e. The fourth-order valence-corrected chi connectivity index (χ4v) is 2.45. The molecule has 3 amide bonds. The van der Waals surface area contributed by atoms with E-state index in [0.29, 0.717) is 38.8 Å². The van der Waals surface area contributed by atoms with Crippen LogP contribution in [0.5, 0.6) is 0 Å². The zero-order valence-electron chi connectivity index (χ0n) is 18.2. The summed E-state index contributed by atoms with van der Waals surface area (Å²) < 4.78 is 0. The first-order valence-electron chi connectivity index (χ1n) is 10.1. The number of ketones is 3. The summed E-state index contributed by atoms with van der Waals surface area (Å²) in [5.41, 5.74) is 0. The maximum atomic E-state index is 12.1. The van der Waals surface area contributed by atoms with Crippen LogP contribution in [0.1, 0.15) is 52.9 Å². The van der Waals surface area contributed by atoms with Gasteiger partial charge in [0.2, 0.25) is 17.7 Å². The van der Waals surface area contributed by atoms with Crippen LogP contribution in [0.3, 0.4) is 0 Å². The van der Waals surface area contributed by atoms with Crippen LogP contribution in [0, 0.1) is 0 Å². The van der Waals surface area contributed by atoms with Crippen molar-refractivity contribution in [1.82, 2.24) is 20.9 Å². The first-order chi connectivity index (χ1) is 14.1. The molecule has 10 heteroatoms. The van der Waals surface area contributed by atoms with Gasteiger partial charge in [-0.15, -0.1) is 0 Å². The van der Waals surface area contributed by atoms with Gasteiger partial charge in [-0.05, 0) is 33.6 Å². The van der Waals surface area contributed by atoms with E-state index in [9.17, 15) is 28.8 Å². The summed E-state index contributed by atoms with van der Waals surface area (Å²) >= 11 is 0. The van der Waals surface area contributed by atoms with Crippen molar-refractivity contribution in [3.63, 3.8) is 0 Å². The second-order valence-corrected chi connectivity index (χ2v) is 7.26. The van der Waals surface area contributed by atoms with E-state index >= 15 is 0 Å². The molecule has 0 saturated heterocycles. The van der Waals surface area contributed by atoms with Gasteiger partial charge in [0.15, 0.2) is 0 Å².